The summed E-state index contributed by atoms with van der Waals surface area (Å²) in [4.78, 5) is 2.33. The minimum Gasteiger partial charge on any atom is -0.314 e. The molecule has 0 saturated carbocycles. The average Bonchev–Trinajstić information content (AvgIpc) is 2.39. The standard InChI is InChI=1S/C15H22F2N2/c1-2-3-4-15(19-7-5-18-6-8-19)12-9-13(16)11-14(17)10-12/h9-11,15,18H,2-8H2,1H3/t15-/m0/s1. The molecule has 1 fully saturated rings. The lowest BCUT2D eigenvalue weighted by Crippen LogP contribution is -2.45. The lowest BCUT2D eigenvalue weighted by Gasteiger charge is -2.35. The molecular formula is C15H22F2N2. The van der Waals surface area contributed by atoms with Crippen LogP contribution in [0.1, 0.15) is 37.8 Å². The van der Waals surface area contributed by atoms with E-state index in [0.29, 0.717) is 0 Å². The van der Waals surface area contributed by atoms with Crippen LogP contribution in [-0.4, -0.2) is 31.1 Å². The highest BCUT2D eigenvalue weighted by atomic mass is 19.1. The van der Waals surface area contributed by atoms with Gasteiger partial charge in [0, 0.05) is 38.3 Å². The number of hydrogen-bond donors (Lipinski definition) is 1. The minimum absolute atomic E-state index is 0.132. The molecule has 1 heterocycles. The third-order valence-electron chi connectivity index (χ3n) is 3.69. The Morgan fingerprint density at radius 1 is 1.16 bits per heavy atom. The summed E-state index contributed by atoms with van der Waals surface area (Å²) in [6.45, 7) is 5.90. The van der Waals surface area contributed by atoms with Crippen LogP contribution in [0.2, 0.25) is 0 Å². The Kier molecular flexibility index (Phi) is 5.28. The molecule has 0 unspecified atom stereocenters. The first kappa shape index (κ1) is 14.4. The summed E-state index contributed by atoms with van der Waals surface area (Å²) in [6, 6.07) is 4.03. The summed E-state index contributed by atoms with van der Waals surface area (Å²) in [7, 11) is 0. The Balaban J connectivity index is 2.19. The number of nitrogens with one attached hydrogen (secondary N) is 1. The summed E-state index contributed by atoms with van der Waals surface area (Å²) < 4.78 is 26.8. The molecule has 1 saturated heterocycles. The van der Waals surface area contributed by atoms with Crippen LogP contribution in [0.4, 0.5) is 8.78 Å². The second-order valence-corrected chi connectivity index (χ2v) is 5.15. The fourth-order valence-corrected chi connectivity index (χ4v) is 2.72. The lowest BCUT2D eigenvalue weighted by molar-refractivity contribution is 0.162. The fraction of sp³-hybridized carbons (Fsp3) is 0.600. The summed E-state index contributed by atoms with van der Waals surface area (Å²) in [5, 5.41) is 3.31. The first-order valence-corrected chi connectivity index (χ1v) is 7.11. The maximum absolute atomic E-state index is 13.4. The highest BCUT2D eigenvalue weighted by Crippen LogP contribution is 2.27. The highest BCUT2D eigenvalue weighted by molar-refractivity contribution is 5.21. The van der Waals surface area contributed by atoms with Crippen LogP contribution in [0.15, 0.2) is 18.2 Å². The van der Waals surface area contributed by atoms with E-state index in [1.54, 1.807) is 0 Å². The number of hydrogen-bond acceptors (Lipinski definition) is 2. The molecule has 2 rings (SSSR count). The van der Waals surface area contributed by atoms with Crippen LogP contribution in [0, 0.1) is 11.6 Å². The Bertz CT molecular complexity index is 383. The van der Waals surface area contributed by atoms with Crippen molar-refractivity contribution in [3.63, 3.8) is 0 Å². The van der Waals surface area contributed by atoms with E-state index in [1.807, 2.05) is 0 Å². The molecule has 2 nitrogen and oxygen atoms in total. The SMILES string of the molecule is CCCC[C@@H](c1cc(F)cc(F)c1)N1CCNCC1. The Morgan fingerprint density at radius 2 is 1.79 bits per heavy atom. The van der Waals surface area contributed by atoms with E-state index in [-0.39, 0.29) is 6.04 Å². The average molecular weight is 268 g/mol. The smallest absolute Gasteiger partial charge is 0.126 e. The normalized spacial score (nSPS) is 18.5. The third-order valence-corrected chi connectivity index (χ3v) is 3.69. The van der Waals surface area contributed by atoms with E-state index in [9.17, 15) is 8.78 Å². The van der Waals surface area contributed by atoms with Gasteiger partial charge in [0.1, 0.15) is 11.6 Å². The molecular weight excluding hydrogens is 246 g/mol. The number of piperazine rings is 1. The molecule has 1 atom stereocenters. The van der Waals surface area contributed by atoms with Crippen LogP contribution in [0.3, 0.4) is 0 Å². The van der Waals surface area contributed by atoms with Crippen molar-refractivity contribution in [2.45, 2.75) is 32.2 Å². The molecule has 1 aromatic rings. The molecule has 0 radical (unpaired) electrons. The Labute approximate surface area is 113 Å². The van der Waals surface area contributed by atoms with Crippen LogP contribution in [-0.2, 0) is 0 Å². The van der Waals surface area contributed by atoms with Crippen molar-refractivity contribution in [1.29, 1.82) is 0 Å². The molecule has 1 aromatic carbocycles. The van der Waals surface area contributed by atoms with Gasteiger partial charge in [-0.1, -0.05) is 19.8 Å². The molecule has 1 aliphatic heterocycles. The quantitative estimate of drug-likeness (QED) is 0.882. The highest BCUT2D eigenvalue weighted by Gasteiger charge is 2.22. The number of benzene rings is 1. The van der Waals surface area contributed by atoms with Gasteiger partial charge in [-0.3, -0.25) is 4.90 Å². The Hall–Kier alpha value is -1.00. The van der Waals surface area contributed by atoms with E-state index in [2.05, 4.69) is 17.1 Å². The fourth-order valence-electron chi connectivity index (χ4n) is 2.72. The summed E-state index contributed by atoms with van der Waals surface area (Å²) in [6.07, 6.45) is 3.13. The molecule has 106 valence electrons. The van der Waals surface area contributed by atoms with E-state index in [1.165, 1.54) is 12.1 Å². The van der Waals surface area contributed by atoms with Gasteiger partial charge >= 0.3 is 0 Å². The van der Waals surface area contributed by atoms with Crippen molar-refractivity contribution in [2.24, 2.45) is 0 Å². The van der Waals surface area contributed by atoms with E-state index < -0.39 is 11.6 Å². The van der Waals surface area contributed by atoms with Crippen molar-refractivity contribution >= 4 is 0 Å². The van der Waals surface area contributed by atoms with Crippen molar-refractivity contribution in [3.8, 4) is 0 Å². The first-order valence-electron chi connectivity index (χ1n) is 7.11. The predicted octanol–water partition coefficient (Wildman–Crippen LogP) is 3.10. The molecule has 0 spiro atoms. The van der Waals surface area contributed by atoms with Gasteiger partial charge in [-0.2, -0.15) is 0 Å². The maximum Gasteiger partial charge on any atom is 0.126 e. The van der Waals surface area contributed by atoms with Gasteiger partial charge < -0.3 is 5.32 Å². The summed E-state index contributed by atoms with van der Waals surface area (Å²) in [5.74, 6) is -0.960. The zero-order chi connectivity index (χ0) is 13.7. The van der Waals surface area contributed by atoms with Crippen molar-refractivity contribution < 1.29 is 8.78 Å². The van der Waals surface area contributed by atoms with Crippen molar-refractivity contribution in [1.82, 2.24) is 10.2 Å². The number of rotatable bonds is 5. The van der Waals surface area contributed by atoms with Gasteiger partial charge in [-0.15, -0.1) is 0 Å². The first-order chi connectivity index (χ1) is 9.20. The molecule has 4 heteroatoms. The lowest BCUT2D eigenvalue weighted by atomic mass is 9.98. The van der Waals surface area contributed by atoms with E-state index in [4.69, 9.17) is 0 Å². The van der Waals surface area contributed by atoms with Gasteiger partial charge in [0.15, 0.2) is 0 Å². The second kappa shape index (κ2) is 6.96. The third kappa shape index (κ3) is 3.98. The molecule has 0 aromatic heterocycles. The van der Waals surface area contributed by atoms with Gasteiger partial charge in [0.25, 0.3) is 0 Å². The minimum atomic E-state index is -0.480. The monoisotopic (exact) mass is 268 g/mol. The van der Waals surface area contributed by atoms with Crippen LogP contribution in [0.25, 0.3) is 0 Å². The molecule has 0 amide bonds. The second-order valence-electron chi connectivity index (χ2n) is 5.15. The van der Waals surface area contributed by atoms with Gasteiger partial charge in [0.05, 0.1) is 0 Å². The number of unbranched alkanes of at least 4 members (excludes halogenated alkanes) is 1. The Morgan fingerprint density at radius 3 is 2.37 bits per heavy atom. The molecule has 19 heavy (non-hydrogen) atoms. The maximum atomic E-state index is 13.4. The van der Waals surface area contributed by atoms with Crippen molar-refractivity contribution in [2.75, 3.05) is 26.2 Å². The summed E-state index contributed by atoms with van der Waals surface area (Å²) in [5.41, 5.74) is 0.771. The molecule has 0 aliphatic carbocycles. The topological polar surface area (TPSA) is 15.3 Å². The zero-order valence-corrected chi connectivity index (χ0v) is 11.5. The van der Waals surface area contributed by atoms with E-state index >= 15 is 0 Å². The van der Waals surface area contributed by atoms with Crippen LogP contribution >= 0.6 is 0 Å². The predicted molar refractivity (Wildman–Crippen MR) is 73.1 cm³/mol. The van der Waals surface area contributed by atoms with Gasteiger partial charge in [-0.05, 0) is 24.1 Å². The largest absolute Gasteiger partial charge is 0.314 e. The van der Waals surface area contributed by atoms with Crippen molar-refractivity contribution in [3.05, 3.63) is 35.4 Å². The molecule has 0 bridgehead atoms. The zero-order valence-electron chi connectivity index (χ0n) is 11.5. The van der Waals surface area contributed by atoms with Crippen LogP contribution in [0.5, 0.6) is 0 Å². The number of halogens is 2. The van der Waals surface area contributed by atoms with E-state index in [0.717, 1.165) is 57.1 Å². The molecule has 1 aliphatic rings. The summed E-state index contributed by atoms with van der Waals surface area (Å²) >= 11 is 0. The molecule has 1 N–H and O–H groups in total. The van der Waals surface area contributed by atoms with Crippen LogP contribution < -0.4 is 5.32 Å². The van der Waals surface area contributed by atoms with Gasteiger partial charge in [-0.25, -0.2) is 8.78 Å². The number of nitrogens with zero attached hydrogens (tertiary/aromatic N) is 1. The van der Waals surface area contributed by atoms with Gasteiger partial charge in [0.2, 0.25) is 0 Å².